The number of aryl methyl sites for hydroxylation is 1. The van der Waals surface area contributed by atoms with Crippen molar-refractivity contribution in [1.29, 1.82) is 0 Å². The summed E-state index contributed by atoms with van der Waals surface area (Å²) in [5.41, 5.74) is 0.659. The van der Waals surface area contributed by atoms with Crippen LogP contribution < -0.4 is 11.0 Å². The number of aromatic nitrogens is 4. The number of H-pyrrole nitrogens is 2. The quantitative estimate of drug-likeness (QED) is 0.617. The Morgan fingerprint density at radius 1 is 1.57 bits per heavy atom. The molecule has 4 N–H and O–H groups in total. The smallest absolute Gasteiger partial charge is 0.323 e. The number of nitrogens with one attached hydrogen (secondary N) is 3. The molecule has 8 nitrogen and oxygen atoms in total. The lowest BCUT2D eigenvalue weighted by Crippen LogP contribution is -2.41. The highest BCUT2D eigenvalue weighted by Crippen LogP contribution is 2.38. The fourth-order valence-electron chi connectivity index (χ4n) is 2.65. The summed E-state index contributed by atoms with van der Waals surface area (Å²) in [5, 5.41) is 16.5. The summed E-state index contributed by atoms with van der Waals surface area (Å²) >= 11 is 0. The maximum atomic E-state index is 12.2. The zero-order valence-electron chi connectivity index (χ0n) is 11.5. The summed E-state index contributed by atoms with van der Waals surface area (Å²) in [7, 11) is 1.81. The molecule has 0 radical (unpaired) electrons. The van der Waals surface area contributed by atoms with Gasteiger partial charge in [0.15, 0.2) is 0 Å². The van der Waals surface area contributed by atoms with Gasteiger partial charge in [-0.2, -0.15) is 5.10 Å². The maximum absolute atomic E-state index is 12.2. The predicted molar refractivity (Wildman–Crippen MR) is 73.6 cm³/mol. The van der Waals surface area contributed by atoms with Crippen LogP contribution >= 0.6 is 0 Å². The van der Waals surface area contributed by atoms with Gasteiger partial charge >= 0.3 is 5.69 Å². The number of nitrogens with zero attached hydrogens (tertiary/aromatic N) is 2. The number of aliphatic hydroxyl groups is 1. The molecule has 3 rings (SSSR count). The fraction of sp³-hybridized carbons (Fsp3) is 0.462. The summed E-state index contributed by atoms with van der Waals surface area (Å²) in [6, 6.07) is -0.229. The zero-order chi connectivity index (χ0) is 15.0. The second-order valence-corrected chi connectivity index (χ2v) is 5.44. The van der Waals surface area contributed by atoms with E-state index < -0.39 is 5.69 Å². The highest BCUT2D eigenvalue weighted by Gasteiger charge is 2.36. The van der Waals surface area contributed by atoms with Gasteiger partial charge in [0.25, 0.3) is 5.91 Å². The van der Waals surface area contributed by atoms with E-state index >= 15 is 0 Å². The molecular weight excluding hydrogens is 274 g/mol. The van der Waals surface area contributed by atoms with E-state index in [2.05, 4.69) is 20.4 Å². The number of aliphatic hydroxyl groups excluding tert-OH is 1. The molecule has 0 aliphatic heterocycles. The number of carbonyl (C=O) groups excluding carboxylic acids is 1. The minimum atomic E-state index is -0.419. The van der Waals surface area contributed by atoms with Crippen LogP contribution in [0.5, 0.6) is 0 Å². The van der Waals surface area contributed by atoms with Crippen molar-refractivity contribution in [3.63, 3.8) is 0 Å². The first-order chi connectivity index (χ1) is 10.0. The number of aromatic amines is 2. The van der Waals surface area contributed by atoms with Crippen LogP contribution in [0.4, 0.5) is 0 Å². The lowest BCUT2D eigenvalue weighted by molar-refractivity contribution is 0.0234. The number of hydrogen-bond donors (Lipinski definition) is 4. The zero-order valence-corrected chi connectivity index (χ0v) is 11.5. The van der Waals surface area contributed by atoms with Crippen molar-refractivity contribution in [3.8, 4) is 0 Å². The Balaban J connectivity index is 1.79. The third-order valence-corrected chi connectivity index (χ3v) is 3.83. The first kappa shape index (κ1) is 13.6. The van der Waals surface area contributed by atoms with Crippen LogP contribution in [-0.4, -0.2) is 36.9 Å². The molecule has 2 heterocycles. The van der Waals surface area contributed by atoms with Gasteiger partial charge in [0.05, 0.1) is 18.3 Å². The summed E-state index contributed by atoms with van der Waals surface area (Å²) in [6.07, 6.45) is 5.86. The fourth-order valence-corrected chi connectivity index (χ4v) is 2.65. The van der Waals surface area contributed by atoms with Crippen LogP contribution in [0, 0.1) is 5.92 Å². The van der Waals surface area contributed by atoms with E-state index in [1.54, 1.807) is 10.9 Å². The van der Waals surface area contributed by atoms with Gasteiger partial charge in [0.1, 0.15) is 5.69 Å². The molecule has 1 amide bonds. The lowest BCUT2D eigenvalue weighted by atomic mass is 9.75. The summed E-state index contributed by atoms with van der Waals surface area (Å²) in [5.74, 6) is -0.192. The van der Waals surface area contributed by atoms with Gasteiger partial charge in [-0.25, -0.2) is 4.79 Å². The summed E-state index contributed by atoms with van der Waals surface area (Å²) in [6.45, 7) is 0. The largest absolute Gasteiger partial charge is 0.393 e. The Labute approximate surface area is 120 Å². The molecular formula is C13H17N5O3. The molecule has 21 heavy (non-hydrogen) atoms. The molecule has 2 aromatic rings. The molecule has 2 aromatic heterocycles. The topological polar surface area (TPSA) is 116 Å². The van der Waals surface area contributed by atoms with Crippen LogP contribution in [0.25, 0.3) is 0 Å². The standard InChI is InChI=1S/C13H17N5O3/c1-18-6-8(4-15-18)11(7-2-9(19)3-7)17-12(20)10-5-14-13(21)16-10/h4-7,9,11,19H,2-3H2,1H3,(H,17,20)(H2,14,16,21)/t7?,9?,11-/m0/s1. The van der Waals surface area contributed by atoms with Gasteiger partial charge in [0.2, 0.25) is 0 Å². The van der Waals surface area contributed by atoms with Crippen molar-refractivity contribution < 1.29 is 9.90 Å². The van der Waals surface area contributed by atoms with Crippen LogP contribution in [0.2, 0.25) is 0 Å². The van der Waals surface area contributed by atoms with E-state index in [4.69, 9.17) is 0 Å². The number of amides is 1. The number of hydrogen-bond acceptors (Lipinski definition) is 4. The Kier molecular flexibility index (Phi) is 3.38. The highest BCUT2D eigenvalue weighted by molar-refractivity contribution is 5.92. The van der Waals surface area contributed by atoms with E-state index in [0.717, 1.165) is 5.56 Å². The van der Waals surface area contributed by atoms with Gasteiger partial charge in [-0.1, -0.05) is 0 Å². The van der Waals surface area contributed by atoms with E-state index in [9.17, 15) is 14.7 Å². The SMILES string of the molecule is Cn1cc([C@@H](NC(=O)c2c[nH]c(=O)[nH]2)C2CC(O)C2)cn1. The number of rotatable bonds is 4. The van der Waals surface area contributed by atoms with Crippen LogP contribution in [0.1, 0.15) is 34.9 Å². The third kappa shape index (κ3) is 2.75. The molecule has 112 valence electrons. The predicted octanol–water partition coefficient (Wildman–Crippen LogP) is -0.322. The molecule has 0 unspecified atom stereocenters. The van der Waals surface area contributed by atoms with E-state index in [-0.39, 0.29) is 29.7 Å². The molecule has 1 atom stereocenters. The van der Waals surface area contributed by atoms with Crippen LogP contribution in [0.3, 0.4) is 0 Å². The normalized spacial score (nSPS) is 22.6. The van der Waals surface area contributed by atoms with Crippen molar-refractivity contribution in [1.82, 2.24) is 25.1 Å². The minimum Gasteiger partial charge on any atom is -0.393 e. The Hall–Kier alpha value is -2.35. The van der Waals surface area contributed by atoms with E-state index in [0.29, 0.717) is 12.8 Å². The number of carbonyl (C=O) groups is 1. The maximum Gasteiger partial charge on any atom is 0.323 e. The Morgan fingerprint density at radius 3 is 2.86 bits per heavy atom. The van der Waals surface area contributed by atoms with Gasteiger partial charge in [-0.05, 0) is 18.8 Å². The van der Waals surface area contributed by atoms with Gasteiger partial charge in [-0.3, -0.25) is 9.48 Å². The van der Waals surface area contributed by atoms with Crippen molar-refractivity contribution in [2.75, 3.05) is 0 Å². The average molecular weight is 291 g/mol. The Morgan fingerprint density at radius 2 is 2.33 bits per heavy atom. The molecule has 0 aromatic carbocycles. The van der Waals surface area contributed by atoms with Crippen molar-refractivity contribution in [3.05, 3.63) is 40.3 Å². The molecule has 1 saturated carbocycles. The summed E-state index contributed by atoms with van der Waals surface area (Å²) in [4.78, 5) is 28.1. The first-order valence-electron chi connectivity index (χ1n) is 6.78. The Bertz CT molecular complexity index is 694. The van der Waals surface area contributed by atoms with Gasteiger partial charge in [0, 0.05) is 25.0 Å². The molecule has 0 saturated heterocycles. The second-order valence-electron chi connectivity index (χ2n) is 5.44. The van der Waals surface area contributed by atoms with Gasteiger partial charge in [-0.15, -0.1) is 0 Å². The molecule has 1 aliphatic carbocycles. The van der Waals surface area contributed by atoms with Crippen LogP contribution in [-0.2, 0) is 7.05 Å². The summed E-state index contributed by atoms with van der Waals surface area (Å²) < 4.78 is 1.67. The van der Waals surface area contributed by atoms with Crippen LogP contribution in [0.15, 0.2) is 23.4 Å². The van der Waals surface area contributed by atoms with Crippen molar-refractivity contribution >= 4 is 5.91 Å². The first-order valence-corrected chi connectivity index (χ1v) is 6.78. The second kappa shape index (κ2) is 5.21. The molecule has 0 bridgehead atoms. The third-order valence-electron chi connectivity index (χ3n) is 3.83. The molecule has 8 heteroatoms. The minimum absolute atomic E-state index is 0.166. The molecule has 1 aliphatic rings. The number of imidazole rings is 1. The lowest BCUT2D eigenvalue weighted by Gasteiger charge is -2.37. The van der Waals surface area contributed by atoms with E-state index in [1.165, 1.54) is 6.20 Å². The highest BCUT2D eigenvalue weighted by atomic mass is 16.3. The van der Waals surface area contributed by atoms with E-state index in [1.807, 2.05) is 13.2 Å². The monoisotopic (exact) mass is 291 g/mol. The molecule has 1 fully saturated rings. The molecule has 0 spiro atoms. The average Bonchev–Trinajstić information content (AvgIpc) is 3.01. The van der Waals surface area contributed by atoms with Crippen molar-refractivity contribution in [2.24, 2.45) is 13.0 Å². The van der Waals surface area contributed by atoms with Crippen molar-refractivity contribution in [2.45, 2.75) is 25.0 Å². The van der Waals surface area contributed by atoms with Gasteiger partial charge < -0.3 is 20.4 Å².